The lowest BCUT2D eigenvalue weighted by atomic mass is 10.1. The van der Waals surface area contributed by atoms with Crippen LogP contribution in [0.2, 0.25) is 0 Å². The second kappa shape index (κ2) is 7.52. The molecule has 0 unspecified atom stereocenters. The summed E-state index contributed by atoms with van der Waals surface area (Å²) in [5.41, 5.74) is 9.02. The van der Waals surface area contributed by atoms with Crippen LogP contribution in [0, 0.1) is 0 Å². The largest absolute Gasteiger partial charge is 0.372 e. The smallest absolute Gasteiger partial charge is 0.268 e. The van der Waals surface area contributed by atoms with Gasteiger partial charge in [-0.05, 0) is 43.9 Å². The Bertz CT molecular complexity index is 938. The van der Waals surface area contributed by atoms with Gasteiger partial charge in [-0.15, -0.1) is 11.3 Å². The van der Waals surface area contributed by atoms with Crippen molar-refractivity contribution in [3.05, 3.63) is 42.4 Å². The van der Waals surface area contributed by atoms with Crippen molar-refractivity contribution in [2.75, 3.05) is 18.0 Å². The van der Waals surface area contributed by atoms with Crippen LogP contribution in [-0.2, 0) is 6.54 Å². The van der Waals surface area contributed by atoms with Crippen molar-refractivity contribution >= 4 is 22.9 Å². The molecule has 6 nitrogen and oxygen atoms in total. The van der Waals surface area contributed by atoms with E-state index in [1.165, 1.54) is 36.3 Å². The SMILES string of the molecule is CCn1cc(-c2nc(C(N)=O)c(-c3ccc(N4CCCCC4)cc3)s2)cn1. The van der Waals surface area contributed by atoms with Gasteiger partial charge in [0, 0.05) is 37.1 Å². The second-order valence-corrected chi connectivity index (χ2v) is 7.74. The predicted octanol–water partition coefficient (Wildman–Crippen LogP) is 3.78. The minimum Gasteiger partial charge on any atom is -0.372 e. The van der Waals surface area contributed by atoms with Gasteiger partial charge in [-0.1, -0.05) is 12.1 Å². The highest BCUT2D eigenvalue weighted by Crippen LogP contribution is 2.36. The highest BCUT2D eigenvalue weighted by Gasteiger charge is 2.19. The zero-order valence-electron chi connectivity index (χ0n) is 15.4. The topological polar surface area (TPSA) is 77.0 Å². The summed E-state index contributed by atoms with van der Waals surface area (Å²) in [7, 11) is 0. The highest BCUT2D eigenvalue weighted by molar-refractivity contribution is 7.18. The number of nitrogens with zero attached hydrogens (tertiary/aromatic N) is 4. The van der Waals surface area contributed by atoms with Crippen LogP contribution < -0.4 is 10.6 Å². The molecule has 1 aliphatic heterocycles. The number of carbonyl (C=O) groups is 1. The molecule has 1 amide bonds. The number of aryl methyl sites for hydroxylation is 1. The van der Waals surface area contributed by atoms with Crippen molar-refractivity contribution in [3.8, 4) is 21.0 Å². The van der Waals surface area contributed by atoms with E-state index >= 15 is 0 Å². The third-order valence-corrected chi connectivity index (χ3v) is 6.07. The molecule has 1 fully saturated rings. The Hall–Kier alpha value is -2.67. The van der Waals surface area contributed by atoms with Gasteiger partial charge >= 0.3 is 0 Å². The predicted molar refractivity (Wildman–Crippen MR) is 109 cm³/mol. The Morgan fingerprint density at radius 1 is 1.15 bits per heavy atom. The van der Waals surface area contributed by atoms with Crippen molar-refractivity contribution in [1.82, 2.24) is 14.8 Å². The monoisotopic (exact) mass is 381 g/mol. The summed E-state index contributed by atoms with van der Waals surface area (Å²) >= 11 is 1.48. The number of anilines is 1. The number of benzene rings is 1. The molecule has 3 heterocycles. The van der Waals surface area contributed by atoms with Crippen LogP contribution in [0.4, 0.5) is 5.69 Å². The maximum Gasteiger partial charge on any atom is 0.268 e. The minimum absolute atomic E-state index is 0.324. The first-order valence-electron chi connectivity index (χ1n) is 9.34. The van der Waals surface area contributed by atoms with Gasteiger partial charge in [0.2, 0.25) is 0 Å². The summed E-state index contributed by atoms with van der Waals surface area (Å²) in [6.45, 7) is 5.04. The lowest BCUT2D eigenvalue weighted by Crippen LogP contribution is -2.29. The lowest BCUT2D eigenvalue weighted by molar-refractivity contribution is 0.0997. The van der Waals surface area contributed by atoms with Gasteiger partial charge in [0.15, 0.2) is 0 Å². The normalized spacial score (nSPS) is 14.5. The molecule has 0 aliphatic carbocycles. The van der Waals surface area contributed by atoms with E-state index in [0.29, 0.717) is 5.69 Å². The lowest BCUT2D eigenvalue weighted by Gasteiger charge is -2.28. The number of aromatic nitrogens is 3. The zero-order chi connectivity index (χ0) is 18.8. The summed E-state index contributed by atoms with van der Waals surface area (Å²) in [6.07, 6.45) is 7.52. The van der Waals surface area contributed by atoms with E-state index in [-0.39, 0.29) is 0 Å². The number of nitrogens with two attached hydrogens (primary N) is 1. The fourth-order valence-electron chi connectivity index (χ4n) is 3.43. The molecule has 4 rings (SSSR count). The van der Waals surface area contributed by atoms with Crippen LogP contribution in [0.1, 0.15) is 36.7 Å². The molecule has 27 heavy (non-hydrogen) atoms. The summed E-state index contributed by atoms with van der Waals surface area (Å²) < 4.78 is 1.84. The molecule has 0 saturated carbocycles. The van der Waals surface area contributed by atoms with Crippen LogP contribution in [0.15, 0.2) is 36.7 Å². The molecule has 2 aromatic heterocycles. The third-order valence-electron chi connectivity index (χ3n) is 4.92. The van der Waals surface area contributed by atoms with Crippen molar-refractivity contribution in [1.29, 1.82) is 0 Å². The molecule has 0 atom stereocenters. The number of amides is 1. The molecule has 3 aromatic rings. The number of primary amides is 1. The van der Waals surface area contributed by atoms with E-state index in [0.717, 1.165) is 40.6 Å². The summed E-state index contributed by atoms with van der Waals surface area (Å²) in [5.74, 6) is -0.504. The molecule has 1 aliphatic rings. The van der Waals surface area contributed by atoms with Gasteiger partial charge in [-0.25, -0.2) is 4.98 Å². The average molecular weight is 382 g/mol. The third kappa shape index (κ3) is 3.60. The van der Waals surface area contributed by atoms with Crippen molar-refractivity contribution in [2.45, 2.75) is 32.7 Å². The van der Waals surface area contributed by atoms with E-state index in [1.807, 2.05) is 17.8 Å². The molecule has 0 bridgehead atoms. The van der Waals surface area contributed by atoms with Crippen molar-refractivity contribution in [3.63, 3.8) is 0 Å². The Morgan fingerprint density at radius 3 is 2.52 bits per heavy atom. The molecule has 1 aromatic carbocycles. The van der Waals surface area contributed by atoms with Crippen molar-refractivity contribution in [2.24, 2.45) is 5.73 Å². The number of piperidine rings is 1. The quantitative estimate of drug-likeness (QED) is 0.729. The van der Waals surface area contributed by atoms with Gasteiger partial charge in [0.05, 0.1) is 11.1 Å². The summed E-state index contributed by atoms with van der Waals surface area (Å²) in [6, 6.07) is 8.37. The first-order valence-corrected chi connectivity index (χ1v) is 10.2. The Labute approximate surface area is 162 Å². The number of carbonyl (C=O) groups excluding carboxylic acids is 1. The first-order chi connectivity index (χ1) is 13.2. The number of thiazole rings is 1. The van der Waals surface area contributed by atoms with E-state index in [2.05, 4.69) is 39.2 Å². The van der Waals surface area contributed by atoms with Gasteiger partial charge in [0.1, 0.15) is 10.7 Å². The van der Waals surface area contributed by atoms with Gasteiger partial charge in [0.25, 0.3) is 5.91 Å². The van der Waals surface area contributed by atoms with Gasteiger partial charge < -0.3 is 10.6 Å². The molecular weight excluding hydrogens is 358 g/mol. The van der Waals surface area contributed by atoms with Crippen LogP contribution in [0.5, 0.6) is 0 Å². The summed E-state index contributed by atoms with van der Waals surface area (Å²) in [4.78, 5) is 19.7. The number of rotatable bonds is 5. The Morgan fingerprint density at radius 2 is 1.89 bits per heavy atom. The van der Waals surface area contributed by atoms with E-state index in [1.54, 1.807) is 6.20 Å². The molecular formula is C20H23N5OS. The average Bonchev–Trinajstić information content (AvgIpc) is 3.36. The van der Waals surface area contributed by atoms with E-state index in [9.17, 15) is 4.79 Å². The fraction of sp³-hybridized carbons (Fsp3) is 0.350. The molecule has 2 N–H and O–H groups in total. The summed E-state index contributed by atoms with van der Waals surface area (Å²) in [5, 5.41) is 5.06. The van der Waals surface area contributed by atoms with Crippen LogP contribution in [-0.4, -0.2) is 33.8 Å². The second-order valence-electron chi connectivity index (χ2n) is 6.74. The van der Waals surface area contributed by atoms with Crippen LogP contribution in [0.25, 0.3) is 21.0 Å². The molecule has 0 spiro atoms. The van der Waals surface area contributed by atoms with E-state index < -0.39 is 5.91 Å². The van der Waals surface area contributed by atoms with Gasteiger partial charge in [-0.2, -0.15) is 5.10 Å². The molecule has 7 heteroatoms. The number of hydrogen-bond donors (Lipinski definition) is 1. The standard InChI is InChI=1S/C20H23N5OS/c1-2-25-13-15(12-22-25)20-23-17(19(21)26)18(27-20)14-6-8-16(9-7-14)24-10-4-3-5-11-24/h6-9,12-13H,2-5,10-11H2,1H3,(H2,21,26). The van der Waals surface area contributed by atoms with E-state index in [4.69, 9.17) is 5.73 Å². The first kappa shape index (κ1) is 17.7. The maximum absolute atomic E-state index is 12.0. The Kier molecular flexibility index (Phi) is 4.94. The van der Waals surface area contributed by atoms with Crippen molar-refractivity contribution < 1.29 is 4.79 Å². The molecule has 140 valence electrons. The molecule has 0 radical (unpaired) electrons. The maximum atomic E-state index is 12.0. The van der Waals surface area contributed by atoms with Crippen LogP contribution in [0.3, 0.4) is 0 Å². The zero-order valence-corrected chi connectivity index (χ0v) is 16.2. The van der Waals surface area contributed by atoms with Gasteiger partial charge in [-0.3, -0.25) is 9.48 Å². The molecule has 1 saturated heterocycles. The van der Waals surface area contributed by atoms with Crippen LogP contribution >= 0.6 is 11.3 Å². The Balaban J connectivity index is 1.66. The highest BCUT2D eigenvalue weighted by atomic mass is 32.1. The minimum atomic E-state index is -0.504. The number of hydrogen-bond acceptors (Lipinski definition) is 5. The fourth-order valence-corrected chi connectivity index (χ4v) is 4.48.